The van der Waals surface area contributed by atoms with Crippen LogP contribution in [-0.4, -0.2) is 20.5 Å². The molecular formula is C16H12ClN5O3. The minimum Gasteiger partial charge on any atom is -0.278 e. The molecule has 3 aromatic rings. The fourth-order valence-electron chi connectivity index (χ4n) is 2.17. The predicted octanol–water partition coefficient (Wildman–Crippen LogP) is 3.01. The average Bonchev–Trinajstić information content (AvgIpc) is 2.59. The zero-order valence-electron chi connectivity index (χ0n) is 13.0. The quantitative estimate of drug-likeness (QED) is 0.334. The predicted molar refractivity (Wildman–Crippen MR) is 95.5 cm³/mol. The van der Waals surface area contributed by atoms with Crippen molar-refractivity contribution in [1.82, 2.24) is 9.38 Å². The number of rotatable bonds is 4. The summed E-state index contributed by atoms with van der Waals surface area (Å²) in [6, 6.07) is 9.25. The highest BCUT2D eigenvalue weighted by molar-refractivity contribution is 6.32. The van der Waals surface area contributed by atoms with E-state index in [2.05, 4.69) is 15.5 Å². The lowest BCUT2D eigenvalue weighted by atomic mass is 10.3. The van der Waals surface area contributed by atoms with E-state index < -0.39 is 4.92 Å². The lowest BCUT2D eigenvalue weighted by Crippen LogP contribution is -2.20. The van der Waals surface area contributed by atoms with E-state index in [4.69, 9.17) is 11.6 Å². The van der Waals surface area contributed by atoms with Crippen LogP contribution in [0.15, 0.2) is 52.5 Å². The Bertz CT molecular complexity index is 1040. The van der Waals surface area contributed by atoms with Gasteiger partial charge >= 0.3 is 0 Å². The number of nitro groups is 1. The summed E-state index contributed by atoms with van der Waals surface area (Å²) in [7, 11) is 0. The summed E-state index contributed by atoms with van der Waals surface area (Å²) in [5.74, 6) is 0. The summed E-state index contributed by atoms with van der Waals surface area (Å²) in [5.41, 5.74) is 4.34. The maximum absolute atomic E-state index is 12.5. The molecule has 25 heavy (non-hydrogen) atoms. The van der Waals surface area contributed by atoms with Crippen LogP contribution in [0, 0.1) is 17.0 Å². The fourth-order valence-corrected chi connectivity index (χ4v) is 2.39. The number of nitro benzene ring substituents is 1. The number of hydrogen-bond acceptors (Lipinski definition) is 6. The Kier molecular flexibility index (Phi) is 4.44. The summed E-state index contributed by atoms with van der Waals surface area (Å²) >= 11 is 6.07. The number of nitrogens with one attached hydrogen (secondary N) is 1. The monoisotopic (exact) mass is 357 g/mol. The van der Waals surface area contributed by atoms with Crippen LogP contribution in [-0.2, 0) is 0 Å². The third-order valence-electron chi connectivity index (χ3n) is 3.42. The second-order valence-electron chi connectivity index (χ2n) is 5.23. The normalized spacial score (nSPS) is 11.1. The summed E-state index contributed by atoms with van der Waals surface area (Å²) in [5, 5.41) is 14.6. The molecule has 0 saturated heterocycles. The van der Waals surface area contributed by atoms with E-state index in [0.29, 0.717) is 11.3 Å². The Morgan fingerprint density at radius 3 is 2.68 bits per heavy atom. The summed E-state index contributed by atoms with van der Waals surface area (Å²) in [6.07, 6.45) is 2.94. The first-order chi connectivity index (χ1) is 12.0. The Labute approximate surface area is 146 Å². The van der Waals surface area contributed by atoms with Crippen LogP contribution >= 0.6 is 11.6 Å². The van der Waals surface area contributed by atoms with Gasteiger partial charge in [0.05, 0.1) is 22.4 Å². The van der Waals surface area contributed by atoms with E-state index >= 15 is 0 Å². The average molecular weight is 358 g/mol. The molecule has 126 valence electrons. The highest BCUT2D eigenvalue weighted by atomic mass is 35.5. The van der Waals surface area contributed by atoms with Gasteiger partial charge in [-0.05, 0) is 30.7 Å². The number of halogens is 1. The zero-order valence-corrected chi connectivity index (χ0v) is 13.8. The molecule has 0 unspecified atom stereocenters. The van der Waals surface area contributed by atoms with Crippen molar-refractivity contribution in [1.29, 1.82) is 0 Å². The Hall–Kier alpha value is -3.26. The summed E-state index contributed by atoms with van der Waals surface area (Å²) < 4.78 is 1.40. The third-order valence-corrected chi connectivity index (χ3v) is 3.71. The number of anilines is 1. The number of benzene rings is 1. The van der Waals surface area contributed by atoms with Gasteiger partial charge in [0.25, 0.3) is 11.2 Å². The van der Waals surface area contributed by atoms with Gasteiger partial charge in [0.1, 0.15) is 10.8 Å². The Morgan fingerprint density at radius 2 is 2.00 bits per heavy atom. The molecule has 0 saturated carbocycles. The van der Waals surface area contributed by atoms with Crippen molar-refractivity contribution in [3.8, 4) is 0 Å². The van der Waals surface area contributed by atoms with Gasteiger partial charge in [-0.1, -0.05) is 17.7 Å². The van der Waals surface area contributed by atoms with Crippen LogP contribution in [0.25, 0.3) is 5.65 Å². The van der Waals surface area contributed by atoms with E-state index in [0.717, 1.165) is 5.56 Å². The van der Waals surface area contributed by atoms with E-state index in [1.54, 1.807) is 12.3 Å². The largest absolute Gasteiger partial charge is 0.278 e. The highest BCUT2D eigenvalue weighted by Crippen LogP contribution is 2.15. The smallest absolute Gasteiger partial charge is 0.269 e. The third kappa shape index (κ3) is 3.48. The topological polar surface area (TPSA) is 102 Å². The first-order valence-electron chi connectivity index (χ1n) is 7.18. The van der Waals surface area contributed by atoms with Gasteiger partial charge in [0.15, 0.2) is 0 Å². The second-order valence-corrected chi connectivity index (χ2v) is 5.59. The molecule has 2 heterocycles. The first kappa shape index (κ1) is 16.6. The van der Waals surface area contributed by atoms with E-state index in [-0.39, 0.29) is 22.0 Å². The molecule has 0 aliphatic rings. The Morgan fingerprint density at radius 1 is 1.28 bits per heavy atom. The van der Waals surface area contributed by atoms with Gasteiger partial charge < -0.3 is 0 Å². The number of pyridine rings is 1. The Balaban J connectivity index is 1.88. The van der Waals surface area contributed by atoms with Crippen LogP contribution in [0.5, 0.6) is 0 Å². The van der Waals surface area contributed by atoms with Crippen LogP contribution in [0.3, 0.4) is 0 Å². The summed E-state index contributed by atoms with van der Waals surface area (Å²) in [4.78, 5) is 26.8. The fraction of sp³-hybridized carbons (Fsp3) is 0.0625. The lowest BCUT2D eigenvalue weighted by molar-refractivity contribution is -0.384. The van der Waals surface area contributed by atoms with Crippen molar-refractivity contribution in [2.24, 2.45) is 5.10 Å². The van der Waals surface area contributed by atoms with Crippen molar-refractivity contribution in [2.75, 3.05) is 5.43 Å². The molecular weight excluding hydrogens is 346 g/mol. The maximum Gasteiger partial charge on any atom is 0.269 e. The second kappa shape index (κ2) is 6.70. The number of hydrogen-bond donors (Lipinski definition) is 1. The van der Waals surface area contributed by atoms with Gasteiger partial charge in [-0.15, -0.1) is 0 Å². The van der Waals surface area contributed by atoms with Gasteiger partial charge in [0, 0.05) is 18.3 Å². The number of aryl methyl sites for hydroxylation is 1. The molecule has 0 spiro atoms. The zero-order chi connectivity index (χ0) is 18.0. The molecule has 0 amide bonds. The molecule has 0 aliphatic heterocycles. The van der Waals surface area contributed by atoms with E-state index in [1.807, 2.05) is 13.0 Å². The SMILES string of the molecule is Cc1ccc2nc(Cl)c(/C=N\Nc3ccc([N+](=O)[O-])cc3)c(=O)n2c1. The molecule has 8 nitrogen and oxygen atoms in total. The number of fused-ring (bicyclic) bond motifs is 1. The number of aromatic nitrogens is 2. The van der Waals surface area contributed by atoms with Crippen molar-refractivity contribution in [2.45, 2.75) is 6.92 Å². The summed E-state index contributed by atoms with van der Waals surface area (Å²) in [6.45, 7) is 1.87. The number of hydrazone groups is 1. The molecule has 0 bridgehead atoms. The molecule has 2 aromatic heterocycles. The van der Waals surface area contributed by atoms with E-state index in [9.17, 15) is 14.9 Å². The molecule has 0 fully saturated rings. The standard InChI is InChI=1S/C16H12ClN5O3/c1-10-2-7-14-19-15(17)13(16(23)21(14)9-10)8-18-20-11-3-5-12(6-4-11)22(24)25/h2-9,20H,1H3/b18-8-. The maximum atomic E-state index is 12.5. The molecule has 3 rings (SSSR count). The van der Waals surface area contributed by atoms with Crippen molar-refractivity contribution < 1.29 is 4.92 Å². The lowest BCUT2D eigenvalue weighted by Gasteiger charge is -2.04. The van der Waals surface area contributed by atoms with Crippen LogP contribution in [0.4, 0.5) is 11.4 Å². The van der Waals surface area contributed by atoms with Gasteiger partial charge in [-0.25, -0.2) is 4.98 Å². The van der Waals surface area contributed by atoms with Gasteiger partial charge in [-0.3, -0.25) is 24.7 Å². The van der Waals surface area contributed by atoms with Crippen LogP contribution in [0.1, 0.15) is 11.1 Å². The molecule has 0 radical (unpaired) electrons. The van der Waals surface area contributed by atoms with Crippen molar-refractivity contribution >= 4 is 34.8 Å². The van der Waals surface area contributed by atoms with Crippen LogP contribution < -0.4 is 11.0 Å². The molecule has 1 N–H and O–H groups in total. The minimum absolute atomic E-state index is 0.0232. The van der Waals surface area contributed by atoms with E-state index in [1.165, 1.54) is 34.9 Å². The van der Waals surface area contributed by atoms with Crippen molar-refractivity contribution in [3.63, 3.8) is 0 Å². The molecule has 0 aliphatic carbocycles. The van der Waals surface area contributed by atoms with Gasteiger partial charge in [0.2, 0.25) is 0 Å². The highest BCUT2D eigenvalue weighted by Gasteiger charge is 2.09. The number of nitrogens with zero attached hydrogens (tertiary/aromatic N) is 4. The molecule has 0 atom stereocenters. The molecule has 9 heteroatoms. The minimum atomic E-state index is -0.490. The molecule has 1 aromatic carbocycles. The number of non-ortho nitro benzene ring substituents is 1. The van der Waals surface area contributed by atoms with Crippen LogP contribution in [0.2, 0.25) is 5.15 Å². The van der Waals surface area contributed by atoms with Crippen molar-refractivity contribution in [3.05, 3.63) is 79.3 Å². The first-order valence-corrected chi connectivity index (χ1v) is 7.55. The van der Waals surface area contributed by atoms with Gasteiger partial charge in [-0.2, -0.15) is 5.10 Å².